The second kappa shape index (κ2) is 6.72. The van der Waals surface area contributed by atoms with E-state index in [4.69, 9.17) is 0 Å². The van der Waals surface area contributed by atoms with E-state index in [2.05, 4.69) is 10.3 Å². The smallest absolute Gasteiger partial charge is 0.277 e. The van der Waals surface area contributed by atoms with Crippen LogP contribution in [0.5, 0.6) is 0 Å². The molecule has 1 N–H and O–H groups in total. The van der Waals surface area contributed by atoms with Crippen molar-refractivity contribution in [2.24, 2.45) is 22.7 Å². The third kappa shape index (κ3) is 3.29. The molecule has 148 valence electrons. The quantitative estimate of drug-likeness (QED) is 0.632. The maximum atomic E-state index is 12.8. The van der Waals surface area contributed by atoms with Crippen LogP contribution in [0.15, 0.2) is 29.3 Å². The highest BCUT2D eigenvalue weighted by atomic mass is 19.4. The maximum absolute atomic E-state index is 12.8. The van der Waals surface area contributed by atoms with E-state index >= 15 is 0 Å². The van der Waals surface area contributed by atoms with E-state index in [1.165, 1.54) is 12.1 Å². The molecule has 9 heteroatoms. The van der Waals surface area contributed by atoms with E-state index in [0.717, 1.165) is 48.9 Å². The molecule has 0 radical (unpaired) electrons. The molecule has 4 atom stereocenters. The number of carbonyl (C=O) groups is 3. The molecule has 2 bridgehead atoms. The van der Waals surface area contributed by atoms with Gasteiger partial charge in [-0.3, -0.25) is 24.8 Å². The van der Waals surface area contributed by atoms with Gasteiger partial charge in [0.05, 0.1) is 11.3 Å². The van der Waals surface area contributed by atoms with Crippen molar-refractivity contribution in [1.29, 1.82) is 0 Å². The number of alkyl halides is 3. The molecular weight excluding hydrogens is 375 g/mol. The maximum Gasteiger partial charge on any atom is 0.416 e. The second-order valence-corrected chi connectivity index (χ2v) is 7.55. The molecule has 3 fully saturated rings. The first-order valence-corrected chi connectivity index (χ1v) is 9.13. The summed E-state index contributed by atoms with van der Waals surface area (Å²) in [6.45, 7) is 0. The van der Waals surface area contributed by atoms with Gasteiger partial charge in [0, 0.05) is 12.3 Å². The van der Waals surface area contributed by atoms with Crippen molar-refractivity contribution >= 4 is 29.7 Å². The van der Waals surface area contributed by atoms with Crippen LogP contribution in [0, 0.1) is 17.8 Å². The Morgan fingerprint density at radius 3 is 2.57 bits per heavy atom. The van der Waals surface area contributed by atoms with Crippen LogP contribution in [-0.2, 0) is 15.8 Å². The highest BCUT2D eigenvalue weighted by Gasteiger charge is 2.50. The van der Waals surface area contributed by atoms with Crippen molar-refractivity contribution in [1.82, 2.24) is 10.2 Å². The number of urea groups is 1. The summed E-state index contributed by atoms with van der Waals surface area (Å²) in [6, 6.07) is 3.33. The van der Waals surface area contributed by atoms with Gasteiger partial charge >= 0.3 is 12.2 Å². The SMILES string of the molecule is O=C1NC(=O)N([C@@H]2C[C@H]3CC[C@H]2C3)C(=O)[C@@H]1C=Nc1cccc(C(F)(F)F)c1. The Morgan fingerprint density at radius 2 is 1.93 bits per heavy atom. The molecule has 0 spiro atoms. The van der Waals surface area contributed by atoms with Gasteiger partial charge in [0.2, 0.25) is 11.8 Å². The molecule has 1 heterocycles. The van der Waals surface area contributed by atoms with Crippen molar-refractivity contribution in [3.63, 3.8) is 0 Å². The van der Waals surface area contributed by atoms with Crippen molar-refractivity contribution in [2.75, 3.05) is 0 Å². The molecule has 0 aromatic heterocycles. The number of nitrogens with one attached hydrogen (secondary N) is 1. The first-order chi connectivity index (χ1) is 13.2. The third-order valence-corrected chi connectivity index (χ3v) is 5.81. The number of nitrogens with zero attached hydrogens (tertiary/aromatic N) is 2. The van der Waals surface area contributed by atoms with Gasteiger partial charge in [0.15, 0.2) is 5.92 Å². The van der Waals surface area contributed by atoms with Crippen LogP contribution in [0.4, 0.5) is 23.7 Å². The van der Waals surface area contributed by atoms with Gasteiger partial charge < -0.3 is 0 Å². The fraction of sp³-hybridized carbons (Fsp3) is 0.474. The normalized spacial score (nSPS) is 30.4. The zero-order valence-electron chi connectivity index (χ0n) is 14.8. The zero-order valence-corrected chi connectivity index (χ0v) is 14.8. The van der Waals surface area contributed by atoms with Crippen molar-refractivity contribution < 1.29 is 27.6 Å². The lowest BCUT2D eigenvalue weighted by Gasteiger charge is -2.36. The standard InChI is InChI=1S/C19H18F3N3O3/c20-19(21,22)12-2-1-3-13(8-12)23-9-14-16(26)24-18(28)25(17(14)27)15-7-10-4-5-11(15)6-10/h1-3,8-11,14-15H,4-7H2,(H,24,26,28)/t10-,11-,14+,15+/m0/s1. The van der Waals surface area contributed by atoms with Gasteiger partial charge in [-0.25, -0.2) is 4.79 Å². The Bertz CT molecular complexity index is 867. The van der Waals surface area contributed by atoms with Gasteiger partial charge in [0.1, 0.15) is 0 Å². The Kier molecular flexibility index (Phi) is 4.47. The molecule has 0 unspecified atom stereocenters. The number of imide groups is 2. The Morgan fingerprint density at radius 1 is 1.14 bits per heavy atom. The predicted octanol–water partition coefficient (Wildman–Crippen LogP) is 3.29. The van der Waals surface area contributed by atoms with E-state index in [1.54, 1.807) is 0 Å². The lowest BCUT2D eigenvalue weighted by Crippen LogP contribution is -2.62. The highest BCUT2D eigenvalue weighted by molar-refractivity contribution is 6.23. The number of benzene rings is 1. The molecule has 2 saturated carbocycles. The van der Waals surface area contributed by atoms with Crippen LogP contribution < -0.4 is 5.32 Å². The Balaban J connectivity index is 1.55. The highest BCUT2D eigenvalue weighted by Crippen LogP contribution is 2.47. The molecule has 1 aromatic rings. The number of hydrogen-bond donors (Lipinski definition) is 1. The van der Waals surface area contributed by atoms with Gasteiger partial charge in [-0.1, -0.05) is 12.5 Å². The molecule has 6 nitrogen and oxygen atoms in total. The van der Waals surface area contributed by atoms with Gasteiger partial charge in [-0.15, -0.1) is 0 Å². The Labute approximate surface area is 158 Å². The second-order valence-electron chi connectivity index (χ2n) is 7.55. The fourth-order valence-corrected chi connectivity index (χ4v) is 4.50. The van der Waals surface area contributed by atoms with Crippen molar-refractivity contribution in [3.05, 3.63) is 29.8 Å². The minimum atomic E-state index is -4.52. The average molecular weight is 393 g/mol. The summed E-state index contributed by atoms with van der Waals surface area (Å²) >= 11 is 0. The molecule has 1 aromatic carbocycles. The van der Waals surface area contributed by atoms with Gasteiger partial charge in [-0.2, -0.15) is 13.2 Å². The monoisotopic (exact) mass is 393 g/mol. The molecular formula is C19H18F3N3O3. The number of aliphatic imine (C=N–C) groups is 1. The lowest BCUT2D eigenvalue weighted by atomic mass is 9.92. The number of fused-ring (bicyclic) bond motifs is 2. The molecule has 1 aliphatic heterocycles. The van der Waals surface area contributed by atoms with Crippen LogP contribution in [0.1, 0.15) is 31.2 Å². The zero-order chi connectivity index (χ0) is 20.1. The van der Waals surface area contributed by atoms with E-state index in [9.17, 15) is 27.6 Å². The molecule has 1 saturated heterocycles. The summed E-state index contributed by atoms with van der Waals surface area (Å²) in [5.74, 6) is -2.09. The number of amides is 4. The summed E-state index contributed by atoms with van der Waals surface area (Å²) in [5.41, 5.74) is -0.904. The van der Waals surface area contributed by atoms with Crippen LogP contribution in [0.3, 0.4) is 0 Å². The predicted molar refractivity (Wildman–Crippen MR) is 92.7 cm³/mol. The number of halogens is 3. The summed E-state index contributed by atoms with van der Waals surface area (Å²) in [5, 5.41) is 2.17. The molecule has 28 heavy (non-hydrogen) atoms. The number of hydrogen-bond acceptors (Lipinski definition) is 4. The van der Waals surface area contributed by atoms with Crippen molar-refractivity contribution in [2.45, 2.75) is 37.9 Å². The fourth-order valence-electron chi connectivity index (χ4n) is 4.50. The summed E-state index contributed by atoms with van der Waals surface area (Å²) < 4.78 is 38.4. The molecule has 3 aliphatic rings. The first kappa shape index (κ1) is 18.6. The van der Waals surface area contributed by atoms with E-state index in [0.29, 0.717) is 5.92 Å². The van der Waals surface area contributed by atoms with E-state index in [-0.39, 0.29) is 17.6 Å². The summed E-state index contributed by atoms with van der Waals surface area (Å²) in [4.78, 5) is 42.2. The minimum absolute atomic E-state index is 0.0289. The number of rotatable bonds is 3. The first-order valence-electron chi connectivity index (χ1n) is 9.13. The van der Waals surface area contributed by atoms with E-state index < -0.39 is 35.5 Å². The number of barbiturate groups is 1. The topological polar surface area (TPSA) is 78.8 Å². The summed E-state index contributed by atoms with van der Waals surface area (Å²) in [6.07, 6.45) is 0.232. The minimum Gasteiger partial charge on any atom is -0.277 e. The largest absolute Gasteiger partial charge is 0.416 e. The molecule has 4 rings (SSSR count). The Hall–Kier alpha value is -2.71. The summed E-state index contributed by atoms with van der Waals surface area (Å²) in [7, 11) is 0. The average Bonchev–Trinajstić information content (AvgIpc) is 3.24. The van der Waals surface area contributed by atoms with Crippen LogP contribution in [0.25, 0.3) is 0 Å². The lowest BCUT2D eigenvalue weighted by molar-refractivity contribution is -0.141. The van der Waals surface area contributed by atoms with Crippen LogP contribution in [-0.4, -0.2) is 35.0 Å². The van der Waals surface area contributed by atoms with Crippen molar-refractivity contribution in [3.8, 4) is 0 Å². The van der Waals surface area contributed by atoms with E-state index in [1.807, 2.05) is 0 Å². The number of carbonyl (C=O) groups excluding carboxylic acids is 3. The van der Waals surface area contributed by atoms with Crippen LogP contribution in [0.2, 0.25) is 0 Å². The molecule has 2 aliphatic carbocycles. The third-order valence-electron chi connectivity index (χ3n) is 5.81. The van der Waals surface area contributed by atoms with Gasteiger partial charge in [0.25, 0.3) is 0 Å². The van der Waals surface area contributed by atoms with Crippen LogP contribution >= 0.6 is 0 Å². The molecule has 4 amide bonds. The van der Waals surface area contributed by atoms with Gasteiger partial charge in [-0.05, 0) is 49.3 Å².